The summed E-state index contributed by atoms with van der Waals surface area (Å²) in [5.74, 6) is -0.171. The highest BCUT2D eigenvalue weighted by Crippen LogP contribution is 2.31. The Labute approximate surface area is 166 Å². The van der Waals surface area contributed by atoms with Crippen LogP contribution in [-0.4, -0.2) is 46.8 Å². The van der Waals surface area contributed by atoms with E-state index in [0.29, 0.717) is 24.3 Å². The summed E-state index contributed by atoms with van der Waals surface area (Å²) in [6.45, 7) is 5.22. The Hall–Kier alpha value is -2.84. The highest BCUT2D eigenvalue weighted by Gasteiger charge is 2.25. The standard InChI is InChI=1S/C20H20N4O3S/c1-14(25)15-6-7-17(18(12-15)24(26)27)23-10-8-22(9-11-23)13-20-21-16-4-2-3-5-19(16)28-20/h2-7,12H,8-11,13H2,1H3. The Morgan fingerprint density at radius 1 is 1.18 bits per heavy atom. The van der Waals surface area contributed by atoms with Gasteiger partial charge in [-0.1, -0.05) is 12.1 Å². The third kappa shape index (κ3) is 3.74. The molecule has 0 spiro atoms. The second kappa shape index (κ2) is 7.65. The average Bonchev–Trinajstić information content (AvgIpc) is 3.10. The van der Waals surface area contributed by atoms with Crippen LogP contribution >= 0.6 is 11.3 Å². The monoisotopic (exact) mass is 396 g/mol. The van der Waals surface area contributed by atoms with Crippen LogP contribution in [0, 0.1) is 10.1 Å². The molecular formula is C20H20N4O3S. The first-order valence-corrected chi connectivity index (χ1v) is 9.94. The molecule has 1 aliphatic heterocycles. The molecule has 0 radical (unpaired) electrons. The number of aromatic nitrogens is 1. The first-order chi connectivity index (χ1) is 13.5. The fourth-order valence-electron chi connectivity index (χ4n) is 3.48. The summed E-state index contributed by atoms with van der Waals surface area (Å²) in [6.07, 6.45) is 0. The summed E-state index contributed by atoms with van der Waals surface area (Å²) in [6, 6.07) is 12.9. The van der Waals surface area contributed by atoms with Crippen molar-refractivity contribution in [2.24, 2.45) is 0 Å². The molecule has 1 aromatic heterocycles. The number of rotatable bonds is 5. The van der Waals surface area contributed by atoms with Crippen molar-refractivity contribution >= 4 is 38.7 Å². The van der Waals surface area contributed by atoms with E-state index in [0.717, 1.165) is 30.2 Å². The number of para-hydroxylation sites is 1. The van der Waals surface area contributed by atoms with Crippen LogP contribution in [0.5, 0.6) is 0 Å². The van der Waals surface area contributed by atoms with Crippen LogP contribution in [0.4, 0.5) is 11.4 Å². The van der Waals surface area contributed by atoms with Crippen LogP contribution in [-0.2, 0) is 6.54 Å². The van der Waals surface area contributed by atoms with Gasteiger partial charge in [-0.2, -0.15) is 0 Å². The molecule has 0 aliphatic carbocycles. The molecule has 0 bridgehead atoms. The maximum absolute atomic E-state index is 11.5. The van der Waals surface area contributed by atoms with Gasteiger partial charge in [-0.05, 0) is 31.2 Å². The summed E-state index contributed by atoms with van der Waals surface area (Å²) in [7, 11) is 0. The molecule has 0 N–H and O–H groups in total. The molecule has 1 fully saturated rings. The molecule has 0 atom stereocenters. The van der Waals surface area contributed by atoms with Gasteiger partial charge in [0, 0.05) is 37.8 Å². The maximum atomic E-state index is 11.5. The highest BCUT2D eigenvalue weighted by molar-refractivity contribution is 7.18. The van der Waals surface area contributed by atoms with Gasteiger partial charge in [0.1, 0.15) is 10.7 Å². The van der Waals surface area contributed by atoms with E-state index in [1.165, 1.54) is 17.7 Å². The topological polar surface area (TPSA) is 79.6 Å². The van der Waals surface area contributed by atoms with Crippen LogP contribution in [0.3, 0.4) is 0 Å². The number of fused-ring (bicyclic) bond motifs is 1. The number of nitrogens with zero attached hydrogens (tertiary/aromatic N) is 4. The van der Waals surface area contributed by atoms with Gasteiger partial charge in [-0.25, -0.2) is 4.98 Å². The lowest BCUT2D eigenvalue weighted by Crippen LogP contribution is -2.46. The smallest absolute Gasteiger partial charge is 0.293 e. The summed E-state index contributed by atoms with van der Waals surface area (Å²) in [5.41, 5.74) is 1.97. The van der Waals surface area contributed by atoms with E-state index >= 15 is 0 Å². The molecule has 0 unspecified atom stereocenters. The Morgan fingerprint density at radius 2 is 1.93 bits per heavy atom. The Kier molecular flexibility index (Phi) is 5.06. The zero-order valence-electron chi connectivity index (χ0n) is 15.5. The normalized spacial score (nSPS) is 15.1. The summed E-state index contributed by atoms with van der Waals surface area (Å²) in [5, 5.41) is 12.6. The third-order valence-electron chi connectivity index (χ3n) is 4.99. The first-order valence-electron chi connectivity index (χ1n) is 9.12. The molecule has 3 aromatic rings. The number of nitro groups is 1. The fraction of sp³-hybridized carbons (Fsp3) is 0.300. The third-order valence-corrected chi connectivity index (χ3v) is 6.01. The molecule has 2 heterocycles. The minimum absolute atomic E-state index is 0.00711. The minimum atomic E-state index is -0.407. The van der Waals surface area contributed by atoms with Gasteiger partial charge in [0.05, 0.1) is 21.7 Å². The van der Waals surface area contributed by atoms with Crippen molar-refractivity contribution in [3.8, 4) is 0 Å². The van der Waals surface area contributed by atoms with Gasteiger partial charge in [0.15, 0.2) is 5.78 Å². The number of hydrogen-bond acceptors (Lipinski definition) is 7. The Bertz CT molecular complexity index is 1010. The lowest BCUT2D eigenvalue weighted by molar-refractivity contribution is -0.384. The van der Waals surface area contributed by atoms with Crippen molar-refractivity contribution in [2.75, 3.05) is 31.1 Å². The zero-order chi connectivity index (χ0) is 19.7. The van der Waals surface area contributed by atoms with Crippen LogP contribution in [0.25, 0.3) is 10.2 Å². The predicted octanol–water partition coefficient (Wildman–Crippen LogP) is 3.73. The quantitative estimate of drug-likeness (QED) is 0.371. The van der Waals surface area contributed by atoms with Gasteiger partial charge in [-0.15, -0.1) is 11.3 Å². The van der Waals surface area contributed by atoms with E-state index in [9.17, 15) is 14.9 Å². The molecule has 144 valence electrons. The Balaban J connectivity index is 1.45. The number of thiazole rings is 1. The van der Waals surface area contributed by atoms with Crippen molar-refractivity contribution in [1.82, 2.24) is 9.88 Å². The molecule has 1 saturated heterocycles. The zero-order valence-corrected chi connectivity index (χ0v) is 16.3. The molecule has 28 heavy (non-hydrogen) atoms. The van der Waals surface area contributed by atoms with E-state index < -0.39 is 4.92 Å². The lowest BCUT2D eigenvalue weighted by Gasteiger charge is -2.35. The van der Waals surface area contributed by atoms with Gasteiger partial charge in [-0.3, -0.25) is 19.8 Å². The van der Waals surface area contributed by atoms with Gasteiger partial charge < -0.3 is 4.90 Å². The number of ketones is 1. The Morgan fingerprint density at radius 3 is 2.61 bits per heavy atom. The summed E-state index contributed by atoms with van der Waals surface area (Å²) in [4.78, 5) is 31.7. The number of piperazine rings is 1. The van der Waals surface area contributed by atoms with Gasteiger partial charge in [0.2, 0.25) is 0 Å². The first kappa shape index (κ1) is 18.5. The molecule has 8 heteroatoms. The molecule has 4 rings (SSSR count). The van der Waals surface area contributed by atoms with Crippen molar-refractivity contribution < 1.29 is 9.72 Å². The molecule has 1 aliphatic rings. The van der Waals surface area contributed by atoms with Gasteiger partial charge in [0.25, 0.3) is 5.69 Å². The van der Waals surface area contributed by atoms with Crippen LogP contribution < -0.4 is 4.90 Å². The van der Waals surface area contributed by atoms with Crippen LogP contribution in [0.15, 0.2) is 42.5 Å². The maximum Gasteiger partial charge on any atom is 0.293 e. The molecule has 0 saturated carbocycles. The van der Waals surface area contributed by atoms with E-state index in [1.807, 2.05) is 23.1 Å². The van der Waals surface area contributed by atoms with Crippen molar-refractivity contribution in [3.05, 3.63) is 63.1 Å². The molecule has 2 aromatic carbocycles. The second-order valence-electron chi connectivity index (χ2n) is 6.86. The number of anilines is 1. The van der Waals surface area contributed by atoms with E-state index in [4.69, 9.17) is 0 Å². The summed E-state index contributed by atoms with van der Waals surface area (Å²) >= 11 is 1.71. The highest BCUT2D eigenvalue weighted by atomic mass is 32.1. The molecule has 0 amide bonds. The SMILES string of the molecule is CC(=O)c1ccc(N2CCN(Cc3nc4ccccc4s3)CC2)c([N+](=O)[O-])c1. The number of nitro benzene ring substituents is 1. The minimum Gasteiger partial charge on any atom is -0.363 e. The van der Waals surface area contributed by atoms with Crippen molar-refractivity contribution in [1.29, 1.82) is 0 Å². The summed E-state index contributed by atoms with van der Waals surface area (Å²) < 4.78 is 1.19. The van der Waals surface area contributed by atoms with Gasteiger partial charge >= 0.3 is 0 Å². The lowest BCUT2D eigenvalue weighted by atomic mass is 10.1. The molecule has 7 nitrogen and oxygen atoms in total. The fourth-order valence-corrected chi connectivity index (χ4v) is 4.49. The number of carbonyl (C=O) groups is 1. The van der Waals surface area contributed by atoms with E-state index in [1.54, 1.807) is 23.5 Å². The van der Waals surface area contributed by atoms with Crippen molar-refractivity contribution in [3.63, 3.8) is 0 Å². The number of carbonyl (C=O) groups excluding carboxylic acids is 1. The van der Waals surface area contributed by atoms with E-state index in [2.05, 4.69) is 16.0 Å². The molecular weight excluding hydrogens is 376 g/mol. The average molecular weight is 396 g/mol. The van der Waals surface area contributed by atoms with E-state index in [-0.39, 0.29) is 11.5 Å². The second-order valence-corrected chi connectivity index (χ2v) is 7.97. The number of Topliss-reactive ketones (excluding diaryl/α,β-unsaturated/α-hetero) is 1. The largest absolute Gasteiger partial charge is 0.363 e. The number of hydrogen-bond donors (Lipinski definition) is 0. The van der Waals surface area contributed by atoms with Crippen LogP contribution in [0.1, 0.15) is 22.3 Å². The van der Waals surface area contributed by atoms with Crippen molar-refractivity contribution in [2.45, 2.75) is 13.5 Å². The predicted molar refractivity (Wildman–Crippen MR) is 110 cm³/mol. The number of benzene rings is 2. The van der Waals surface area contributed by atoms with Crippen LogP contribution in [0.2, 0.25) is 0 Å².